The number of guanidine groups is 1. The largest absolute Gasteiger partial charge is 0.453 e. The maximum Gasteiger partial charge on any atom is 0.353 e. The van der Waals surface area contributed by atoms with Crippen LogP contribution in [0.4, 0.5) is 0 Å². The minimum atomic E-state index is -3.87. The van der Waals surface area contributed by atoms with Gasteiger partial charge in [0.25, 0.3) is 0 Å². The van der Waals surface area contributed by atoms with Gasteiger partial charge in [-0.25, -0.2) is 4.79 Å². The van der Waals surface area contributed by atoms with Crippen molar-refractivity contribution in [2.45, 2.75) is 0 Å². The third-order valence-corrected chi connectivity index (χ3v) is 2.86. The average Bonchev–Trinajstić information content (AvgIpc) is 2.93. The number of nitrogens with two attached hydrogens (primary N) is 2. The van der Waals surface area contributed by atoms with Gasteiger partial charge in [0, 0.05) is 5.56 Å². The van der Waals surface area contributed by atoms with Crippen molar-refractivity contribution in [3.63, 3.8) is 0 Å². The van der Waals surface area contributed by atoms with Crippen molar-refractivity contribution in [1.29, 1.82) is 10.7 Å². The third kappa shape index (κ3) is 5.82. The smallest absolute Gasteiger partial charge is 0.353 e. The Kier molecular flexibility index (Phi) is 6.08. The first-order valence-corrected chi connectivity index (χ1v) is 8.07. The average molecular weight is 350 g/mol. The maximum absolute atomic E-state index is 11.6. The first-order chi connectivity index (χ1) is 11.1. The van der Waals surface area contributed by atoms with Crippen molar-refractivity contribution in [3.05, 3.63) is 47.9 Å². The van der Waals surface area contributed by atoms with Gasteiger partial charge in [-0.2, -0.15) is 13.7 Å². The Hall–Kier alpha value is -3.32. The lowest BCUT2D eigenvalue weighted by Gasteiger charge is -2.03. The molecule has 0 aliphatic carbocycles. The van der Waals surface area contributed by atoms with Crippen molar-refractivity contribution in [2.75, 3.05) is 6.26 Å². The van der Waals surface area contributed by atoms with E-state index in [0.29, 0.717) is 11.1 Å². The summed E-state index contributed by atoms with van der Waals surface area (Å²) in [5.74, 6) is -1.20. The fourth-order valence-corrected chi connectivity index (χ4v) is 1.99. The number of carbonyl (C=O) groups is 1. The topological polar surface area (TPSA) is 173 Å². The fraction of sp³-hybridized carbons (Fsp3) is 0.0714. The fourth-order valence-electron chi connectivity index (χ4n) is 1.62. The molecule has 10 heteroatoms. The summed E-state index contributed by atoms with van der Waals surface area (Å²) in [5, 5.41) is 14.9. The molecule has 5 N–H and O–H groups in total. The lowest BCUT2D eigenvalue weighted by atomic mass is 10.0. The molecule has 0 aliphatic heterocycles. The molecule has 0 radical (unpaired) electrons. The molecular weight excluding hydrogens is 336 g/mol. The number of rotatable bonds is 3. The lowest BCUT2D eigenvalue weighted by molar-refractivity contribution is 0.0748. The molecule has 1 heterocycles. The Labute approximate surface area is 138 Å². The quantitative estimate of drug-likeness (QED) is 0.413. The highest BCUT2D eigenvalue weighted by Gasteiger charge is 2.15. The molecule has 1 aromatic carbocycles. The number of carbonyl (C=O) groups excluding carboxylic acids is 1. The van der Waals surface area contributed by atoms with E-state index >= 15 is 0 Å². The third-order valence-electron chi connectivity index (χ3n) is 2.40. The Bertz CT molecular complexity index is 892. The molecule has 0 saturated heterocycles. The molecule has 9 nitrogen and oxygen atoms in total. The van der Waals surface area contributed by atoms with Gasteiger partial charge in [-0.15, -0.1) is 0 Å². The van der Waals surface area contributed by atoms with Gasteiger partial charge in [-0.1, -0.05) is 12.1 Å². The highest BCUT2D eigenvalue weighted by Crippen LogP contribution is 2.25. The van der Waals surface area contributed by atoms with E-state index in [2.05, 4.69) is 15.7 Å². The molecule has 0 fully saturated rings. The number of nitriles is 1. The minimum absolute atomic E-state index is 0.0676. The van der Waals surface area contributed by atoms with E-state index in [1.54, 1.807) is 18.2 Å². The molecule has 1 aromatic heterocycles. The zero-order valence-corrected chi connectivity index (χ0v) is 13.3. The predicted octanol–water partition coefficient (Wildman–Crippen LogP) is 0.773. The molecule has 0 atom stereocenters. The second-order valence-electron chi connectivity index (χ2n) is 4.39. The number of furan rings is 1. The van der Waals surface area contributed by atoms with Gasteiger partial charge in [0.2, 0.25) is 5.76 Å². The van der Waals surface area contributed by atoms with Gasteiger partial charge < -0.3 is 20.1 Å². The highest BCUT2D eigenvalue weighted by atomic mass is 32.2. The van der Waals surface area contributed by atoms with Gasteiger partial charge in [-0.05, 0) is 23.8 Å². The first kappa shape index (κ1) is 18.7. The number of nitrogens with zero attached hydrogens (tertiary/aromatic N) is 1. The highest BCUT2D eigenvalue weighted by molar-refractivity contribution is 7.86. The predicted molar refractivity (Wildman–Crippen MR) is 85.2 cm³/mol. The summed E-state index contributed by atoms with van der Waals surface area (Å²) in [6.45, 7) is 0. The Balaban J connectivity index is 0.000000648. The Morgan fingerprint density at radius 3 is 2.50 bits per heavy atom. The number of hydrogen-bond donors (Lipinski definition) is 3. The molecule has 2 aromatic rings. The monoisotopic (exact) mass is 350 g/mol. The second kappa shape index (κ2) is 7.80. The summed E-state index contributed by atoms with van der Waals surface area (Å²) in [5.41, 5.74) is 10.1. The van der Waals surface area contributed by atoms with Gasteiger partial charge in [0.15, 0.2) is 5.96 Å². The van der Waals surface area contributed by atoms with E-state index < -0.39 is 16.1 Å². The Morgan fingerprint density at radius 2 is 1.96 bits per heavy atom. The summed E-state index contributed by atoms with van der Waals surface area (Å²) in [6, 6.07) is 9.54. The van der Waals surface area contributed by atoms with Crippen molar-refractivity contribution in [1.82, 2.24) is 0 Å². The molecule has 2 rings (SSSR count). The van der Waals surface area contributed by atoms with Crippen LogP contribution in [0.5, 0.6) is 0 Å². The maximum atomic E-state index is 11.6. The summed E-state index contributed by atoms with van der Waals surface area (Å²) < 4.78 is 31.1. The minimum Gasteiger partial charge on any atom is -0.453 e. The molecule has 0 spiro atoms. The van der Waals surface area contributed by atoms with Crippen molar-refractivity contribution < 1.29 is 21.8 Å². The number of benzene rings is 1. The van der Waals surface area contributed by atoms with Gasteiger partial charge in [-0.3, -0.25) is 5.41 Å². The SMILES string of the molecule is CS(=O)(=O)OC(=O)c1cccc(-c2ccoc2C#N)c1.N=C(N)N. The van der Waals surface area contributed by atoms with Crippen LogP contribution in [0, 0.1) is 16.7 Å². The summed E-state index contributed by atoms with van der Waals surface area (Å²) in [6.07, 6.45) is 2.15. The molecule has 0 amide bonds. The van der Waals surface area contributed by atoms with E-state index in [4.69, 9.17) is 15.1 Å². The molecule has 0 aliphatic rings. The molecular formula is C14H14N4O5S. The van der Waals surface area contributed by atoms with E-state index in [9.17, 15) is 13.2 Å². The van der Waals surface area contributed by atoms with Crippen molar-refractivity contribution in [3.8, 4) is 17.2 Å². The second-order valence-corrected chi connectivity index (χ2v) is 5.96. The van der Waals surface area contributed by atoms with Crippen molar-refractivity contribution >= 4 is 22.0 Å². The van der Waals surface area contributed by atoms with E-state index in [0.717, 1.165) is 6.26 Å². The van der Waals surface area contributed by atoms with Crippen LogP contribution < -0.4 is 11.5 Å². The van der Waals surface area contributed by atoms with Crippen LogP contribution in [0.15, 0.2) is 41.0 Å². The van der Waals surface area contributed by atoms with Crippen LogP contribution in [-0.2, 0) is 14.3 Å². The zero-order valence-electron chi connectivity index (χ0n) is 12.5. The first-order valence-electron chi connectivity index (χ1n) is 6.25. The van der Waals surface area contributed by atoms with Crippen LogP contribution >= 0.6 is 0 Å². The van der Waals surface area contributed by atoms with Crippen LogP contribution in [-0.4, -0.2) is 26.6 Å². The van der Waals surface area contributed by atoms with Gasteiger partial charge in [0.05, 0.1) is 18.1 Å². The lowest BCUT2D eigenvalue weighted by Crippen LogP contribution is -2.20. The van der Waals surface area contributed by atoms with Crippen LogP contribution in [0.2, 0.25) is 0 Å². The zero-order chi connectivity index (χ0) is 18.3. The standard InChI is InChI=1S/C13H9NO5S.CH5N3/c1-20(16,17)19-13(15)10-4-2-3-9(7-10)11-5-6-18-12(11)8-14;2-1(3)4/h2-7H,1H3;(H5,2,3,4). The van der Waals surface area contributed by atoms with Crippen LogP contribution in [0.1, 0.15) is 16.1 Å². The molecule has 126 valence electrons. The van der Waals surface area contributed by atoms with Crippen LogP contribution in [0.3, 0.4) is 0 Å². The van der Waals surface area contributed by atoms with E-state index in [-0.39, 0.29) is 17.3 Å². The summed E-state index contributed by atoms with van der Waals surface area (Å²) in [4.78, 5) is 11.6. The van der Waals surface area contributed by atoms with Gasteiger partial charge >= 0.3 is 16.1 Å². The summed E-state index contributed by atoms with van der Waals surface area (Å²) in [7, 11) is -3.87. The normalized spacial score (nSPS) is 10.0. The number of hydrogen-bond acceptors (Lipinski definition) is 7. The van der Waals surface area contributed by atoms with E-state index in [1.165, 1.54) is 18.4 Å². The molecule has 0 saturated carbocycles. The molecule has 0 bridgehead atoms. The van der Waals surface area contributed by atoms with Gasteiger partial charge in [0.1, 0.15) is 6.07 Å². The van der Waals surface area contributed by atoms with E-state index in [1.807, 2.05) is 6.07 Å². The van der Waals surface area contributed by atoms with Crippen molar-refractivity contribution in [2.24, 2.45) is 11.5 Å². The number of nitrogens with one attached hydrogen (secondary N) is 1. The van der Waals surface area contributed by atoms with Crippen LogP contribution in [0.25, 0.3) is 11.1 Å². The Morgan fingerprint density at radius 1 is 1.33 bits per heavy atom. The molecule has 24 heavy (non-hydrogen) atoms. The molecule has 0 unspecified atom stereocenters. The summed E-state index contributed by atoms with van der Waals surface area (Å²) >= 11 is 0.